The lowest BCUT2D eigenvalue weighted by Crippen LogP contribution is -2.16. The molecule has 2 heterocycles. The fraction of sp³-hybridized carbons (Fsp3) is 0.0303. The molecule has 0 N–H and O–H groups in total. The molecule has 0 atom stereocenters. The molecule has 1 aliphatic carbocycles. The zero-order chi connectivity index (χ0) is 26.4. The molecule has 0 unspecified atom stereocenters. The van der Waals surface area contributed by atoms with Crippen LogP contribution in [0.4, 0.5) is 8.78 Å². The van der Waals surface area contributed by atoms with Gasteiger partial charge in [-0.15, -0.1) is 0 Å². The van der Waals surface area contributed by atoms with Crippen LogP contribution in [0.15, 0.2) is 100 Å². The third kappa shape index (κ3) is 3.03. The zero-order valence-corrected chi connectivity index (χ0v) is 20.3. The van der Waals surface area contributed by atoms with E-state index in [1.165, 1.54) is 24.3 Å². The molecule has 1 aliphatic rings. The van der Waals surface area contributed by atoms with Gasteiger partial charge in [0.15, 0.2) is 11.4 Å². The maximum atomic E-state index is 14.2. The van der Waals surface area contributed by atoms with Crippen LogP contribution < -0.4 is 5.43 Å². The van der Waals surface area contributed by atoms with Crippen molar-refractivity contribution >= 4 is 49.5 Å². The van der Waals surface area contributed by atoms with Crippen molar-refractivity contribution in [3.05, 3.63) is 135 Å². The van der Waals surface area contributed by atoms with Gasteiger partial charge in [-0.2, -0.15) is 0 Å². The minimum absolute atomic E-state index is 0.101. The van der Waals surface area contributed by atoms with Crippen LogP contribution in [-0.4, -0.2) is 10.4 Å². The maximum absolute atomic E-state index is 14.2. The molecule has 0 amide bonds. The Hall–Kier alpha value is -5.10. The molecule has 5 aromatic carbocycles. The number of para-hydroxylation sites is 1. The number of nitrogens with zero attached hydrogens (tertiary/aromatic N) is 1. The van der Waals surface area contributed by atoms with Gasteiger partial charge in [-0.25, -0.2) is 8.78 Å². The van der Waals surface area contributed by atoms with E-state index in [1.807, 2.05) is 34.9 Å². The molecule has 0 spiro atoms. The summed E-state index contributed by atoms with van der Waals surface area (Å²) in [6.07, 6.45) is 0.555. The van der Waals surface area contributed by atoms with E-state index in [2.05, 4.69) is 0 Å². The van der Waals surface area contributed by atoms with E-state index in [4.69, 9.17) is 4.42 Å². The summed E-state index contributed by atoms with van der Waals surface area (Å²) >= 11 is 0. The number of hydrogen-bond donors (Lipinski definition) is 0. The average Bonchev–Trinajstić information content (AvgIpc) is 3.25. The normalized spacial score (nSPS) is 12.9. The largest absolute Gasteiger partial charge is 0.454 e. The van der Waals surface area contributed by atoms with Crippen LogP contribution in [0.2, 0.25) is 0 Å². The summed E-state index contributed by atoms with van der Waals surface area (Å²) in [5, 5.41) is 1.87. The van der Waals surface area contributed by atoms with E-state index in [0.29, 0.717) is 67.0 Å². The lowest BCUT2D eigenvalue weighted by atomic mass is 9.84. The molecule has 2 aromatic heterocycles. The van der Waals surface area contributed by atoms with E-state index in [1.54, 1.807) is 36.4 Å². The Morgan fingerprint density at radius 2 is 1.36 bits per heavy atom. The highest BCUT2D eigenvalue weighted by atomic mass is 19.1. The molecule has 0 saturated heterocycles. The highest BCUT2D eigenvalue weighted by Gasteiger charge is 2.25. The van der Waals surface area contributed by atoms with Gasteiger partial charge in [0.05, 0.1) is 27.5 Å². The van der Waals surface area contributed by atoms with E-state index >= 15 is 0 Å². The van der Waals surface area contributed by atoms with Crippen molar-refractivity contribution < 1.29 is 18.0 Å². The van der Waals surface area contributed by atoms with Gasteiger partial charge in [-0.1, -0.05) is 30.3 Å². The summed E-state index contributed by atoms with van der Waals surface area (Å²) in [7, 11) is 0. The summed E-state index contributed by atoms with van der Waals surface area (Å²) in [5.74, 6) is -0.967. The molecule has 0 radical (unpaired) electrons. The first-order valence-electron chi connectivity index (χ1n) is 12.5. The first-order chi connectivity index (χ1) is 19.0. The second kappa shape index (κ2) is 7.71. The minimum Gasteiger partial charge on any atom is -0.454 e. The van der Waals surface area contributed by atoms with Gasteiger partial charge >= 0.3 is 0 Å². The Kier molecular flexibility index (Phi) is 4.34. The quantitative estimate of drug-likeness (QED) is 0.214. The number of ketones is 1. The minimum atomic E-state index is -0.433. The Bertz CT molecular complexity index is 2220. The SMILES string of the molecule is O=C1c2ccccc2Cc2cc3c(=O)c4cccc(-n5c6ccc(F)cc6c6cc(F)ccc65)c4oc3cc21. The Morgan fingerprint density at radius 1 is 0.641 bits per heavy atom. The number of carbonyl (C=O) groups is 1. The van der Waals surface area contributed by atoms with Gasteiger partial charge < -0.3 is 8.98 Å². The van der Waals surface area contributed by atoms with Gasteiger partial charge in [0.25, 0.3) is 0 Å². The zero-order valence-electron chi connectivity index (χ0n) is 20.3. The fourth-order valence-corrected chi connectivity index (χ4v) is 5.96. The number of aromatic nitrogens is 1. The van der Waals surface area contributed by atoms with Gasteiger partial charge in [0, 0.05) is 21.9 Å². The third-order valence-electron chi connectivity index (χ3n) is 7.72. The second-order valence-electron chi connectivity index (χ2n) is 9.91. The Morgan fingerprint density at radius 3 is 2.10 bits per heavy atom. The number of fused-ring (bicyclic) bond motifs is 7. The lowest BCUT2D eigenvalue weighted by molar-refractivity contribution is 0.103. The smallest absolute Gasteiger partial charge is 0.200 e. The van der Waals surface area contributed by atoms with Gasteiger partial charge in [0.2, 0.25) is 5.43 Å². The highest BCUT2D eigenvalue weighted by molar-refractivity contribution is 6.14. The van der Waals surface area contributed by atoms with Crippen molar-refractivity contribution in [3.63, 3.8) is 0 Å². The molecule has 6 heteroatoms. The van der Waals surface area contributed by atoms with E-state index < -0.39 is 11.6 Å². The topological polar surface area (TPSA) is 52.2 Å². The number of carbonyl (C=O) groups excluding carboxylic acids is 1. The monoisotopic (exact) mass is 513 g/mol. The molecule has 39 heavy (non-hydrogen) atoms. The summed E-state index contributed by atoms with van der Waals surface area (Å²) in [4.78, 5) is 27.1. The van der Waals surface area contributed by atoms with Crippen LogP contribution in [0.25, 0.3) is 49.4 Å². The van der Waals surface area contributed by atoms with Crippen molar-refractivity contribution in [2.45, 2.75) is 6.42 Å². The van der Waals surface area contributed by atoms with Crippen molar-refractivity contribution in [2.75, 3.05) is 0 Å². The van der Waals surface area contributed by atoms with E-state index in [0.717, 1.165) is 11.1 Å². The van der Waals surface area contributed by atoms with Crippen molar-refractivity contribution in [2.24, 2.45) is 0 Å². The molecular formula is C33H17F2NO3. The molecule has 186 valence electrons. The summed E-state index contributed by atoms with van der Waals surface area (Å²) in [5.41, 5.74) is 5.16. The average molecular weight is 513 g/mol. The van der Waals surface area contributed by atoms with Gasteiger partial charge in [-0.3, -0.25) is 9.59 Å². The van der Waals surface area contributed by atoms with Gasteiger partial charge in [-0.05, 0) is 78.2 Å². The van der Waals surface area contributed by atoms with Crippen LogP contribution in [-0.2, 0) is 6.42 Å². The first kappa shape index (κ1) is 21.9. The molecule has 0 fully saturated rings. The molecular weight excluding hydrogens is 496 g/mol. The molecule has 0 bridgehead atoms. The standard InChI is InChI=1S/C33H17F2NO3/c34-19-8-10-27-24(14-19)25-15-20(35)9-11-28(25)36(27)29-7-3-6-22-32(38)26-13-18-12-17-4-1-2-5-21(17)31(37)23(18)16-30(26)39-33(22)29/h1-11,13-16H,12H2. The van der Waals surface area contributed by atoms with E-state index in [-0.39, 0.29) is 11.2 Å². The van der Waals surface area contributed by atoms with Gasteiger partial charge in [0.1, 0.15) is 17.2 Å². The predicted molar refractivity (Wildman–Crippen MR) is 147 cm³/mol. The molecule has 7 aromatic rings. The molecule has 0 saturated carbocycles. The van der Waals surface area contributed by atoms with E-state index in [9.17, 15) is 18.4 Å². The maximum Gasteiger partial charge on any atom is 0.200 e. The summed E-state index contributed by atoms with van der Waals surface area (Å²) < 4.78 is 36.7. The third-order valence-corrected chi connectivity index (χ3v) is 7.72. The molecule has 0 aliphatic heterocycles. The Labute approximate surface area is 219 Å². The van der Waals surface area contributed by atoms with Crippen molar-refractivity contribution in [1.82, 2.24) is 4.57 Å². The number of benzene rings is 5. The summed E-state index contributed by atoms with van der Waals surface area (Å²) in [6.45, 7) is 0. The number of halogens is 2. The van der Waals surface area contributed by atoms with Crippen LogP contribution in [0.3, 0.4) is 0 Å². The highest BCUT2D eigenvalue weighted by Crippen LogP contribution is 2.37. The summed E-state index contributed by atoms with van der Waals surface area (Å²) in [6, 6.07) is 24.9. The van der Waals surface area contributed by atoms with Crippen molar-refractivity contribution in [3.8, 4) is 5.69 Å². The number of rotatable bonds is 1. The van der Waals surface area contributed by atoms with Crippen LogP contribution in [0.5, 0.6) is 0 Å². The first-order valence-corrected chi connectivity index (χ1v) is 12.5. The van der Waals surface area contributed by atoms with Crippen LogP contribution in [0.1, 0.15) is 27.0 Å². The second-order valence-corrected chi connectivity index (χ2v) is 9.91. The predicted octanol–water partition coefficient (Wildman–Crippen LogP) is 7.46. The fourth-order valence-electron chi connectivity index (χ4n) is 5.96. The Balaban J connectivity index is 1.45. The molecule has 4 nitrogen and oxygen atoms in total. The lowest BCUT2D eigenvalue weighted by Gasteiger charge is -2.19. The molecule has 8 rings (SSSR count). The van der Waals surface area contributed by atoms with Crippen LogP contribution in [0, 0.1) is 11.6 Å². The van der Waals surface area contributed by atoms with Crippen molar-refractivity contribution in [1.29, 1.82) is 0 Å². The number of hydrogen-bond acceptors (Lipinski definition) is 3. The van der Waals surface area contributed by atoms with Crippen LogP contribution >= 0.6 is 0 Å².